The van der Waals surface area contributed by atoms with Crippen LogP contribution in [0.4, 0.5) is 0 Å². The van der Waals surface area contributed by atoms with Crippen molar-refractivity contribution in [2.75, 3.05) is 26.2 Å². The minimum atomic E-state index is -0.171. The fraction of sp³-hybridized carbons (Fsp3) is 0.320. The van der Waals surface area contributed by atoms with Crippen molar-refractivity contribution in [3.63, 3.8) is 0 Å². The Morgan fingerprint density at radius 1 is 0.903 bits per heavy atom. The highest BCUT2D eigenvalue weighted by atomic mass is 16.3. The van der Waals surface area contributed by atoms with Crippen molar-refractivity contribution < 1.29 is 14.0 Å². The quantitative estimate of drug-likeness (QED) is 0.656. The number of piperazine rings is 1. The molecule has 158 valence electrons. The third-order valence-corrected chi connectivity index (χ3v) is 6.22. The van der Waals surface area contributed by atoms with Gasteiger partial charge in [-0.05, 0) is 31.9 Å². The second-order valence-corrected chi connectivity index (χ2v) is 8.33. The number of benzene rings is 2. The Morgan fingerprint density at radius 3 is 2.26 bits per heavy atom. The summed E-state index contributed by atoms with van der Waals surface area (Å²) in [5.74, 6) is 0.716. The molecule has 31 heavy (non-hydrogen) atoms. The Morgan fingerprint density at radius 2 is 1.58 bits per heavy atom. The summed E-state index contributed by atoms with van der Waals surface area (Å²) in [7, 11) is 0. The number of fused-ring (bicyclic) bond motifs is 1. The zero-order valence-electron chi connectivity index (χ0n) is 17.5. The van der Waals surface area contributed by atoms with E-state index < -0.39 is 0 Å². The van der Waals surface area contributed by atoms with Crippen LogP contribution in [-0.4, -0.2) is 47.8 Å². The minimum Gasteiger partial charge on any atom is -0.455 e. The van der Waals surface area contributed by atoms with Crippen LogP contribution in [-0.2, 0) is 4.79 Å². The molecule has 2 aliphatic rings. The van der Waals surface area contributed by atoms with Crippen LogP contribution in [0, 0.1) is 12.8 Å². The van der Waals surface area contributed by atoms with Gasteiger partial charge in [-0.25, -0.2) is 0 Å². The Kier molecular flexibility index (Phi) is 4.85. The lowest BCUT2D eigenvalue weighted by Crippen LogP contribution is -2.51. The SMILES string of the molecule is Cc1c(-c2ccccc2)oc2c(C(=O)N3CCN(C(=O)C4CC4)CC3)cccc2c1=O. The van der Waals surface area contributed by atoms with Gasteiger partial charge in [-0.15, -0.1) is 0 Å². The molecule has 2 amide bonds. The summed E-state index contributed by atoms with van der Waals surface area (Å²) in [6.07, 6.45) is 1.96. The van der Waals surface area contributed by atoms with Crippen LogP contribution in [0.15, 0.2) is 57.7 Å². The zero-order valence-corrected chi connectivity index (χ0v) is 17.5. The molecule has 0 spiro atoms. The van der Waals surface area contributed by atoms with E-state index in [0.29, 0.717) is 54.0 Å². The lowest BCUT2D eigenvalue weighted by Gasteiger charge is -2.35. The summed E-state index contributed by atoms with van der Waals surface area (Å²) in [5.41, 5.74) is 1.89. The minimum absolute atomic E-state index is 0.130. The van der Waals surface area contributed by atoms with E-state index in [1.807, 2.05) is 35.2 Å². The van der Waals surface area contributed by atoms with Gasteiger partial charge < -0.3 is 14.2 Å². The van der Waals surface area contributed by atoms with E-state index >= 15 is 0 Å². The van der Waals surface area contributed by atoms with Crippen LogP contribution >= 0.6 is 0 Å². The third-order valence-electron chi connectivity index (χ3n) is 6.22. The molecule has 1 saturated carbocycles. The number of rotatable bonds is 3. The molecule has 6 nitrogen and oxygen atoms in total. The van der Waals surface area contributed by atoms with Gasteiger partial charge >= 0.3 is 0 Å². The molecule has 2 aromatic carbocycles. The van der Waals surface area contributed by atoms with Crippen LogP contribution in [0.1, 0.15) is 28.8 Å². The van der Waals surface area contributed by atoms with Crippen molar-refractivity contribution in [1.82, 2.24) is 9.80 Å². The molecule has 1 aromatic heterocycles. The highest BCUT2D eigenvalue weighted by Gasteiger charge is 2.35. The molecule has 2 fully saturated rings. The maximum Gasteiger partial charge on any atom is 0.257 e. The van der Waals surface area contributed by atoms with Gasteiger partial charge in [-0.3, -0.25) is 14.4 Å². The van der Waals surface area contributed by atoms with Crippen molar-refractivity contribution in [1.29, 1.82) is 0 Å². The van der Waals surface area contributed by atoms with Crippen LogP contribution in [0.5, 0.6) is 0 Å². The second kappa shape index (κ2) is 7.69. The summed E-state index contributed by atoms with van der Waals surface area (Å²) >= 11 is 0. The van der Waals surface area contributed by atoms with Gasteiger partial charge in [-0.1, -0.05) is 36.4 Å². The van der Waals surface area contributed by atoms with Crippen LogP contribution in [0.2, 0.25) is 0 Å². The average Bonchev–Trinajstić information content (AvgIpc) is 3.66. The molecular formula is C25H24N2O4. The van der Waals surface area contributed by atoms with Gasteiger partial charge in [0.2, 0.25) is 5.91 Å². The smallest absolute Gasteiger partial charge is 0.257 e. The molecule has 1 aliphatic carbocycles. The Hall–Kier alpha value is -3.41. The first kappa shape index (κ1) is 19.5. The van der Waals surface area contributed by atoms with Crippen molar-refractivity contribution in [2.24, 2.45) is 5.92 Å². The van der Waals surface area contributed by atoms with E-state index in [1.165, 1.54) is 0 Å². The van der Waals surface area contributed by atoms with E-state index in [1.54, 1.807) is 30.0 Å². The largest absolute Gasteiger partial charge is 0.455 e. The molecular weight excluding hydrogens is 392 g/mol. The predicted molar refractivity (Wildman–Crippen MR) is 118 cm³/mol. The maximum atomic E-state index is 13.3. The first-order valence-electron chi connectivity index (χ1n) is 10.7. The fourth-order valence-corrected chi connectivity index (χ4v) is 4.23. The summed E-state index contributed by atoms with van der Waals surface area (Å²) in [5, 5.41) is 0.408. The van der Waals surface area contributed by atoms with Crippen molar-refractivity contribution in [3.05, 3.63) is 69.9 Å². The van der Waals surface area contributed by atoms with Gasteiger partial charge in [-0.2, -0.15) is 0 Å². The first-order chi connectivity index (χ1) is 15.0. The summed E-state index contributed by atoms with van der Waals surface area (Å²) < 4.78 is 6.19. The lowest BCUT2D eigenvalue weighted by molar-refractivity contribution is -0.134. The van der Waals surface area contributed by atoms with Crippen LogP contribution in [0.25, 0.3) is 22.3 Å². The lowest BCUT2D eigenvalue weighted by atomic mass is 10.0. The summed E-state index contributed by atoms with van der Waals surface area (Å²) in [6, 6.07) is 14.6. The van der Waals surface area contributed by atoms with Gasteiger partial charge in [0.05, 0.1) is 10.9 Å². The molecule has 5 rings (SSSR count). The monoisotopic (exact) mass is 416 g/mol. The summed E-state index contributed by atoms with van der Waals surface area (Å²) in [4.78, 5) is 42.3. The summed E-state index contributed by atoms with van der Waals surface area (Å²) in [6.45, 7) is 3.80. The molecule has 6 heteroatoms. The predicted octanol–water partition coefficient (Wildman–Crippen LogP) is 3.46. The number of nitrogens with zero attached hydrogens (tertiary/aromatic N) is 2. The van der Waals surface area contributed by atoms with E-state index in [-0.39, 0.29) is 23.2 Å². The van der Waals surface area contributed by atoms with Crippen molar-refractivity contribution >= 4 is 22.8 Å². The fourth-order valence-electron chi connectivity index (χ4n) is 4.23. The highest BCUT2D eigenvalue weighted by molar-refractivity contribution is 6.05. The van der Waals surface area contributed by atoms with Crippen molar-refractivity contribution in [3.8, 4) is 11.3 Å². The molecule has 3 aromatic rings. The molecule has 1 saturated heterocycles. The topological polar surface area (TPSA) is 70.8 Å². The van der Waals surface area contributed by atoms with Crippen LogP contribution < -0.4 is 5.43 Å². The second-order valence-electron chi connectivity index (χ2n) is 8.33. The number of hydrogen-bond donors (Lipinski definition) is 0. The average molecular weight is 416 g/mol. The molecule has 0 N–H and O–H groups in total. The molecule has 0 atom stereocenters. The van der Waals surface area contributed by atoms with Gasteiger partial charge in [0.15, 0.2) is 11.0 Å². The highest BCUT2D eigenvalue weighted by Crippen LogP contribution is 2.32. The zero-order chi connectivity index (χ0) is 21.5. The van der Waals surface area contributed by atoms with E-state index in [9.17, 15) is 14.4 Å². The first-order valence-corrected chi connectivity index (χ1v) is 10.7. The number of amides is 2. The molecule has 0 unspecified atom stereocenters. The molecule has 2 heterocycles. The third kappa shape index (κ3) is 3.52. The van der Waals surface area contributed by atoms with Crippen LogP contribution in [0.3, 0.4) is 0 Å². The standard InChI is InChI=1S/C25H24N2O4/c1-16-21(28)19-8-5-9-20(23(19)31-22(16)17-6-3-2-4-7-17)25(30)27-14-12-26(13-15-27)24(29)18-10-11-18/h2-9,18H,10-15H2,1H3. The number of hydrogen-bond acceptors (Lipinski definition) is 4. The van der Waals surface area contributed by atoms with Gasteiger partial charge in [0.25, 0.3) is 5.91 Å². The number of carbonyl (C=O) groups is 2. The number of carbonyl (C=O) groups excluding carboxylic acids is 2. The van der Waals surface area contributed by atoms with Gasteiger partial charge in [0.1, 0.15) is 5.76 Å². The van der Waals surface area contributed by atoms with E-state index in [0.717, 1.165) is 18.4 Å². The molecule has 1 aliphatic heterocycles. The Labute approximate surface area is 180 Å². The van der Waals surface area contributed by atoms with Gasteiger partial charge in [0, 0.05) is 43.2 Å². The van der Waals surface area contributed by atoms with E-state index in [2.05, 4.69) is 0 Å². The van der Waals surface area contributed by atoms with E-state index in [4.69, 9.17) is 4.42 Å². The normalized spacial score (nSPS) is 16.5. The maximum absolute atomic E-state index is 13.3. The number of para-hydroxylation sites is 1. The Bertz CT molecular complexity index is 1220. The Balaban J connectivity index is 1.48. The molecule has 0 radical (unpaired) electrons. The molecule has 0 bridgehead atoms. The van der Waals surface area contributed by atoms with Crippen molar-refractivity contribution in [2.45, 2.75) is 19.8 Å².